The molecule has 6 N–H and O–H groups in total. The number of benzene rings is 1. The molecule has 0 heterocycles. The van der Waals surface area contributed by atoms with Crippen molar-refractivity contribution in [3.63, 3.8) is 0 Å². The molecule has 5 heteroatoms. The Balaban J connectivity index is 2.24. The van der Waals surface area contributed by atoms with E-state index in [9.17, 15) is 4.79 Å². The second-order valence-corrected chi connectivity index (χ2v) is 4.24. The summed E-state index contributed by atoms with van der Waals surface area (Å²) in [4.78, 5) is 11.6. The topological polar surface area (TPSA) is 101 Å². The van der Waals surface area contributed by atoms with Gasteiger partial charge >= 0.3 is 0 Å². The standard InChI is InChI=1S/C13H21N3O2/c14-8-1-2-12(15)13(18)16-9-7-10-3-5-11(17)6-4-10/h3-6,12,17H,1-2,7-9,14-15H2,(H,16,18)/t12-/m0/s1. The predicted octanol–water partition coefficient (Wildman–Crippen LogP) is 0.117. The first-order chi connectivity index (χ1) is 8.63. The molecular formula is C13H21N3O2. The Hall–Kier alpha value is -1.59. The predicted molar refractivity (Wildman–Crippen MR) is 71.1 cm³/mol. The number of nitrogens with two attached hydrogens (primary N) is 2. The molecule has 1 atom stereocenters. The van der Waals surface area contributed by atoms with Gasteiger partial charge in [0.05, 0.1) is 6.04 Å². The molecule has 0 aliphatic rings. The first-order valence-electron chi connectivity index (χ1n) is 6.14. The lowest BCUT2D eigenvalue weighted by Gasteiger charge is -2.11. The zero-order valence-corrected chi connectivity index (χ0v) is 10.4. The van der Waals surface area contributed by atoms with Gasteiger partial charge in [-0.05, 0) is 43.5 Å². The largest absolute Gasteiger partial charge is 0.508 e. The van der Waals surface area contributed by atoms with Gasteiger partial charge in [-0.1, -0.05) is 12.1 Å². The minimum Gasteiger partial charge on any atom is -0.508 e. The number of hydrogen-bond acceptors (Lipinski definition) is 4. The van der Waals surface area contributed by atoms with Crippen molar-refractivity contribution in [1.82, 2.24) is 5.32 Å². The Morgan fingerprint density at radius 3 is 2.61 bits per heavy atom. The fourth-order valence-electron chi connectivity index (χ4n) is 1.59. The molecule has 1 rings (SSSR count). The van der Waals surface area contributed by atoms with Gasteiger partial charge < -0.3 is 21.9 Å². The Bertz CT molecular complexity index is 365. The second kappa shape index (κ2) is 7.68. The minimum absolute atomic E-state index is 0.137. The van der Waals surface area contributed by atoms with E-state index in [1.165, 1.54) is 0 Å². The summed E-state index contributed by atoms with van der Waals surface area (Å²) in [6.45, 7) is 1.09. The Kier molecular flexibility index (Phi) is 6.18. The van der Waals surface area contributed by atoms with E-state index < -0.39 is 6.04 Å². The van der Waals surface area contributed by atoms with Gasteiger partial charge in [0.2, 0.25) is 5.91 Å². The number of aromatic hydroxyl groups is 1. The molecule has 1 aromatic rings. The highest BCUT2D eigenvalue weighted by atomic mass is 16.3. The van der Waals surface area contributed by atoms with Crippen molar-refractivity contribution in [3.05, 3.63) is 29.8 Å². The molecule has 0 aliphatic carbocycles. The van der Waals surface area contributed by atoms with E-state index in [-0.39, 0.29) is 11.7 Å². The molecule has 0 saturated heterocycles. The molecule has 0 bridgehead atoms. The average Bonchev–Trinajstić information content (AvgIpc) is 2.38. The van der Waals surface area contributed by atoms with Crippen LogP contribution in [-0.4, -0.2) is 30.1 Å². The van der Waals surface area contributed by atoms with Gasteiger partial charge in [-0.3, -0.25) is 4.79 Å². The van der Waals surface area contributed by atoms with Crippen LogP contribution >= 0.6 is 0 Å². The van der Waals surface area contributed by atoms with Crippen molar-refractivity contribution in [2.75, 3.05) is 13.1 Å². The van der Waals surface area contributed by atoms with Gasteiger partial charge in [-0.25, -0.2) is 0 Å². The molecule has 18 heavy (non-hydrogen) atoms. The fourth-order valence-corrected chi connectivity index (χ4v) is 1.59. The summed E-state index contributed by atoms with van der Waals surface area (Å²) in [5.74, 6) is 0.105. The van der Waals surface area contributed by atoms with Crippen LogP contribution in [0.2, 0.25) is 0 Å². The molecule has 100 valence electrons. The molecule has 0 unspecified atom stereocenters. The third-order valence-corrected chi connectivity index (χ3v) is 2.71. The first-order valence-corrected chi connectivity index (χ1v) is 6.14. The van der Waals surface area contributed by atoms with E-state index in [0.29, 0.717) is 19.5 Å². The van der Waals surface area contributed by atoms with Gasteiger partial charge in [0, 0.05) is 6.54 Å². The average molecular weight is 251 g/mol. The lowest BCUT2D eigenvalue weighted by molar-refractivity contribution is -0.122. The second-order valence-electron chi connectivity index (χ2n) is 4.24. The van der Waals surface area contributed by atoms with Gasteiger partial charge in [0.25, 0.3) is 0 Å². The number of carbonyl (C=O) groups excluding carboxylic acids is 1. The summed E-state index contributed by atoms with van der Waals surface area (Å²) in [5, 5.41) is 11.9. The van der Waals surface area contributed by atoms with Crippen molar-refractivity contribution >= 4 is 5.91 Å². The van der Waals surface area contributed by atoms with E-state index in [0.717, 1.165) is 18.4 Å². The highest BCUT2D eigenvalue weighted by Crippen LogP contribution is 2.09. The Labute approximate surface area is 107 Å². The maximum Gasteiger partial charge on any atom is 0.236 e. The number of phenolic OH excluding ortho intramolecular Hbond substituents is 1. The van der Waals surface area contributed by atoms with E-state index >= 15 is 0 Å². The summed E-state index contributed by atoms with van der Waals surface area (Å²) in [5.41, 5.74) is 12.1. The van der Waals surface area contributed by atoms with Crippen LogP contribution in [0.1, 0.15) is 18.4 Å². The SMILES string of the molecule is NCCC[C@H](N)C(=O)NCCc1ccc(O)cc1. The smallest absolute Gasteiger partial charge is 0.236 e. The molecule has 5 nitrogen and oxygen atoms in total. The summed E-state index contributed by atoms with van der Waals surface area (Å²) >= 11 is 0. The minimum atomic E-state index is -0.478. The molecule has 0 radical (unpaired) electrons. The van der Waals surface area contributed by atoms with Crippen LogP contribution in [-0.2, 0) is 11.2 Å². The maximum absolute atomic E-state index is 11.6. The number of carbonyl (C=O) groups is 1. The molecule has 0 saturated carbocycles. The number of phenols is 1. The summed E-state index contributed by atoms with van der Waals surface area (Å²) < 4.78 is 0. The van der Waals surface area contributed by atoms with Gasteiger partial charge in [0.15, 0.2) is 0 Å². The quantitative estimate of drug-likeness (QED) is 0.552. The third-order valence-electron chi connectivity index (χ3n) is 2.71. The Morgan fingerprint density at radius 1 is 1.33 bits per heavy atom. The van der Waals surface area contributed by atoms with Crippen LogP contribution in [0.3, 0.4) is 0 Å². The van der Waals surface area contributed by atoms with Crippen LogP contribution in [0.25, 0.3) is 0 Å². The first kappa shape index (κ1) is 14.5. The highest BCUT2D eigenvalue weighted by Gasteiger charge is 2.11. The van der Waals surface area contributed by atoms with E-state index in [4.69, 9.17) is 16.6 Å². The van der Waals surface area contributed by atoms with E-state index in [1.54, 1.807) is 12.1 Å². The van der Waals surface area contributed by atoms with Crippen LogP contribution < -0.4 is 16.8 Å². The van der Waals surface area contributed by atoms with Crippen molar-refractivity contribution in [2.45, 2.75) is 25.3 Å². The highest BCUT2D eigenvalue weighted by molar-refractivity contribution is 5.81. The molecule has 0 spiro atoms. The molecule has 1 amide bonds. The number of nitrogens with one attached hydrogen (secondary N) is 1. The van der Waals surface area contributed by atoms with Crippen molar-refractivity contribution in [1.29, 1.82) is 0 Å². The molecular weight excluding hydrogens is 230 g/mol. The lowest BCUT2D eigenvalue weighted by atomic mass is 10.1. The Morgan fingerprint density at radius 2 is 2.00 bits per heavy atom. The number of hydrogen-bond donors (Lipinski definition) is 4. The molecule has 0 aliphatic heterocycles. The summed E-state index contributed by atoms with van der Waals surface area (Å²) in [6, 6.07) is 6.44. The van der Waals surface area contributed by atoms with Crippen LogP contribution in [0.15, 0.2) is 24.3 Å². The normalized spacial score (nSPS) is 12.1. The molecule has 1 aromatic carbocycles. The van der Waals surface area contributed by atoms with Crippen molar-refractivity contribution < 1.29 is 9.90 Å². The van der Waals surface area contributed by atoms with Crippen LogP contribution in [0, 0.1) is 0 Å². The van der Waals surface area contributed by atoms with Crippen molar-refractivity contribution in [3.8, 4) is 5.75 Å². The summed E-state index contributed by atoms with van der Waals surface area (Å²) in [7, 11) is 0. The number of rotatable bonds is 7. The lowest BCUT2D eigenvalue weighted by Crippen LogP contribution is -2.41. The van der Waals surface area contributed by atoms with Crippen LogP contribution in [0.5, 0.6) is 5.75 Å². The maximum atomic E-state index is 11.6. The van der Waals surface area contributed by atoms with Crippen molar-refractivity contribution in [2.24, 2.45) is 11.5 Å². The number of amides is 1. The van der Waals surface area contributed by atoms with Crippen LogP contribution in [0.4, 0.5) is 0 Å². The molecule has 0 aromatic heterocycles. The van der Waals surface area contributed by atoms with E-state index in [2.05, 4.69) is 5.32 Å². The van der Waals surface area contributed by atoms with Gasteiger partial charge in [0.1, 0.15) is 5.75 Å². The van der Waals surface area contributed by atoms with Gasteiger partial charge in [-0.15, -0.1) is 0 Å². The zero-order chi connectivity index (χ0) is 13.4. The monoisotopic (exact) mass is 251 g/mol. The fraction of sp³-hybridized carbons (Fsp3) is 0.462. The third kappa shape index (κ3) is 5.16. The van der Waals surface area contributed by atoms with E-state index in [1.807, 2.05) is 12.1 Å². The summed E-state index contributed by atoms with van der Waals surface area (Å²) in [6.07, 6.45) is 2.09. The van der Waals surface area contributed by atoms with Gasteiger partial charge in [-0.2, -0.15) is 0 Å². The molecule has 0 fully saturated rings. The zero-order valence-electron chi connectivity index (χ0n) is 10.4.